The average molecular weight is 278 g/mol. The zero-order valence-corrected chi connectivity index (χ0v) is 8.48. The van der Waals surface area contributed by atoms with Crippen LogP contribution >= 0.6 is 31.9 Å². The minimum absolute atomic E-state index is 0.200. The van der Waals surface area contributed by atoms with Crippen molar-refractivity contribution in [1.82, 2.24) is 0 Å². The van der Waals surface area contributed by atoms with Gasteiger partial charge in [0.25, 0.3) is 0 Å². The maximum absolute atomic E-state index is 12.5. The number of hydrogen-bond donors (Lipinski definition) is 0. The number of carbonyl (C=O) groups is 1. The molecule has 1 atom stereocenters. The highest BCUT2D eigenvalue weighted by Crippen LogP contribution is 2.17. The molecular formula is C5H7Br2FO2. The van der Waals surface area contributed by atoms with Crippen molar-refractivity contribution in [3.8, 4) is 0 Å². The van der Waals surface area contributed by atoms with Gasteiger partial charge in [0, 0.05) is 0 Å². The smallest absolute Gasteiger partial charge is 0.342 e. The molecule has 0 radical (unpaired) electrons. The molecule has 0 fully saturated rings. The molecule has 0 aliphatic carbocycles. The van der Waals surface area contributed by atoms with Gasteiger partial charge in [-0.1, -0.05) is 31.9 Å². The molecule has 0 saturated carbocycles. The van der Waals surface area contributed by atoms with E-state index < -0.39 is 15.9 Å². The molecule has 0 bridgehead atoms. The van der Waals surface area contributed by atoms with Gasteiger partial charge in [0.15, 0.2) is 0 Å². The molecule has 0 aromatic heterocycles. The lowest BCUT2D eigenvalue weighted by atomic mass is 10.4. The Morgan fingerprint density at radius 2 is 2.20 bits per heavy atom. The summed E-state index contributed by atoms with van der Waals surface area (Å²) in [6, 6.07) is 0. The first-order valence-corrected chi connectivity index (χ1v) is 4.51. The third-order valence-electron chi connectivity index (χ3n) is 0.733. The summed E-state index contributed by atoms with van der Waals surface area (Å²) in [6.45, 7) is 1.83. The molecule has 0 amide bonds. The molecule has 10 heavy (non-hydrogen) atoms. The molecular weight excluding hydrogens is 271 g/mol. The van der Waals surface area contributed by atoms with Crippen LogP contribution in [-0.4, -0.2) is 22.5 Å². The minimum Gasteiger partial charge on any atom is -0.464 e. The van der Waals surface area contributed by atoms with E-state index in [1.165, 1.54) is 0 Å². The summed E-state index contributed by atoms with van der Waals surface area (Å²) in [6.07, 6.45) is -1.64. The summed E-state index contributed by atoms with van der Waals surface area (Å²) < 4.78 is 16.3. The highest BCUT2D eigenvalue weighted by Gasteiger charge is 2.24. The van der Waals surface area contributed by atoms with E-state index in [1.807, 2.05) is 0 Å². The number of esters is 1. The van der Waals surface area contributed by atoms with Gasteiger partial charge in [0.05, 0.1) is 6.61 Å². The van der Waals surface area contributed by atoms with Crippen LogP contribution in [0.5, 0.6) is 0 Å². The molecule has 0 N–H and O–H groups in total. The number of rotatable bonds is 3. The summed E-state index contributed by atoms with van der Waals surface area (Å²) in [4.78, 5) is 10.5. The minimum atomic E-state index is -1.64. The maximum Gasteiger partial charge on any atom is 0.342 e. The molecule has 0 aromatic carbocycles. The van der Waals surface area contributed by atoms with Gasteiger partial charge in [-0.3, -0.25) is 0 Å². The molecule has 0 aliphatic heterocycles. The second-order valence-corrected chi connectivity index (χ2v) is 4.69. The van der Waals surface area contributed by atoms with Gasteiger partial charge in [-0.15, -0.1) is 0 Å². The van der Waals surface area contributed by atoms with Gasteiger partial charge in [0.2, 0.25) is 6.17 Å². The van der Waals surface area contributed by atoms with Gasteiger partial charge >= 0.3 is 5.97 Å². The Labute approximate surface area is 75.4 Å². The fourth-order valence-electron chi connectivity index (χ4n) is 0.325. The van der Waals surface area contributed by atoms with E-state index in [-0.39, 0.29) is 6.61 Å². The zero-order valence-electron chi connectivity index (χ0n) is 5.31. The van der Waals surface area contributed by atoms with Crippen LogP contribution in [0.25, 0.3) is 0 Å². The van der Waals surface area contributed by atoms with Crippen molar-refractivity contribution in [2.24, 2.45) is 0 Å². The topological polar surface area (TPSA) is 26.3 Å². The summed E-state index contributed by atoms with van der Waals surface area (Å²) >= 11 is 5.70. The molecule has 0 saturated heterocycles. The van der Waals surface area contributed by atoms with Crippen molar-refractivity contribution in [2.45, 2.75) is 16.8 Å². The first kappa shape index (κ1) is 10.4. The van der Waals surface area contributed by atoms with Crippen LogP contribution in [0.4, 0.5) is 4.39 Å². The number of carbonyl (C=O) groups excluding carboxylic acids is 1. The summed E-state index contributed by atoms with van der Waals surface area (Å²) in [5.41, 5.74) is 0. The second-order valence-electron chi connectivity index (χ2n) is 1.49. The van der Waals surface area contributed by atoms with Crippen molar-refractivity contribution < 1.29 is 13.9 Å². The predicted molar refractivity (Wildman–Crippen MR) is 43.2 cm³/mol. The van der Waals surface area contributed by atoms with E-state index >= 15 is 0 Å². The molecule has 2 nitrogen and oxygen atoms in total. The van der Waals surface area contributed by atoms with Gasteiger partial charge in [-0.05, 0) is 6.92 Å². The van der Waals surface area contributed by atoms with E-state index in [0.29, 0.717) is 0 Å². The van der Waals surface area contributed by atoms with Crippen molar-refractivity contribution in [2.75, 3.05) is 6.61 Å². The van der Waals surface area contributed by atoms with Gasteiger partial charge in [-0.25, -0.2) is 9.18 Å². The SMILES string of the molecule is CCOC(=O)C(F)C(Br)Br. The van der Waals surface area contributed by atoms with E-state index in [1.54, 1.807) is 6.92 Å². The first-order valence-electron chi connectivity index (χ1n) is 2.68. The Morgan fingerprint density at radius 1 is 1.70 bits per heavy atom. The average Bonchev–Trinajstić information content (AvgIpc) is 1.87. The fraction of sp³-hybridized carbons (Fsp3) is 0.800. The van der Waals surface area contributed by atoms with Crippen LogP contribution in [0.3, 0.4) is 0 Å². The van der Waals surface area contributed by atoms with Crippen LogP contribution in [0, 0.1) is 0 Å². The quantitative estimate of drug-likeness (QED) is 0.583. The third kappa shape index (κ3) is 3.51. The molecule has 60 valence electrons. The Hall–Kier alpha value is 0.360. The normalized spacial score (nSPS) is 13.3. The van der Waals surface area contributed by atoms with Gasteiger partial charge < -0.3 is 4.74 Å². The molecule has 0 aromatic rings. The number of hydrogen-bond acceptors (Lipinski definition) is 2. The van der Waals surface area contributed by atoms with Crippen LogP contribution in [0.2, 0.25) is 0 Å². The lowest BCUT2D eigenvalue weighted by molar-refractivity contribution is -0.148. The zero-order chi connectivity index (χ0) is 8.15. The van der Waals surface area contributed by atoms with Gasteiger partial charge in [0.1, 0.15) is 3.74 Å². The summed E-state index contributed by atoms with van der Waals surface area (Å²) in [5.74, 6) is -0.846. The summed E-state index contributed by atoms with van der Waals surface area (Å²) in [7, 11) is 0. The number of ether oxygens (including phenoxy) is 1. The van der Waals surface area contributed by atoms with Crippen molar-refractivity contribution in [1.29, 1.82) is 0 Å². The molecule has 0 aliphatic rings. The number of alkyl halides is 3. The molecule has 1 unspecified atom stereocenters. The van der Waals surface area contributed by atoms with Crippen molar-refractivity contribution in [3.05, 3.63) is 0 Å². The van der Waals surface area contributed by atoms with E-state index in [0.717, 1.165) is 0 Å². The standard InChI is InChI=1S/C5H7Br2FO2/c1-2-10-5(9)3(8)4(6)7/h3-4H,2H2,1H3. The highest BCUT2D eigenvalue weighted by molar-refractivity contribution is 9.24. The van der Waals surface area contributed by atoms with E-state index in [9.17, 15) is 9.18 Å². The summed E-state index contributed by atoms with van der Waals surface area (Å²) in [5, 5.41) is 0. The van der Waals surface area contributed by atoms with Crippen LogP contribution in [0.15, 0.2) is 0 Å². The Morgan fingerprint density at radius 3 is 2.50 bits per heavy atom. The number of halogens is 3. The monoisotopic (exact) mass is 276 g/mol. The lowest BCUT2D eigenvalue weighted by Gasteiger charge is -2.06. The maximum atomic E-state index is 12.5. The second kappa shape index (κ2) is 5.07. The Bertz CT molecular complexity index is 118. The molecule has 0 heterocycles. The lowest BCUT2D eigenvalue weighted by Crippen LogP contribution is -2.24. The Kier molecular flexibility index (Phi) is 5.25. The van der Waals surface area contributed by atoms with Crippen LogP contribution < -0.4 is 0 Å². The first-order chi connectivity index (χ1) is 4.59. The Balaban J connectivity index is 3.71. The predicted octanol–water partition coefficient (Wildman–Crippen LogP) is 2.00. The molecule has 0 rings (SSSR count). The largest absolute Gasteiger partial charge is 0.464 e. The fourth-order valence-corrected chi connectivity index (χ4v) is 0.756. The van der Waals surface area contributed by atoms with Crippen molar-refractivity contribution >= 4 is 37.8 Å². The van der Waals surface area contributed by atoms with Gasteiger partial charge in [-0.2, -0.15) is 0 Å². The third-order valence-corrected chi connectivity index (χ3v) is 1.66. The molecule has 0 spiro atoms. The van der Waals surface area contributed by atoms with Crippen LogP contribution in [0.1, 0.15) is 6.92 Å². The van der Waals surface area contributed by atoms with Crippen molar-refractivity contribution in [3.63, 3.8) is 0 Å². The van der Waals surface area contributed by atoms with E-state index in [2.05, 4.69) is 36.6 Å². The van der Waals surface area contributed by atoms with Crippen LogP contribution in [-0.2, 0) is 9.53 Å². The molecule has 5 heteroatoms. The van der Waals surface area contributed by atoms with E-state index in [4.69, 9.17) is 0 Å². The highest BCUT2D eigenvalue weighted by atomic mass is 79.9.